The number of anilines is 1. The molecule has 0 aromatic carbocycles. The summed E-state index contributed by atoms with van der Waals surface area (Å²) in [6, 6.07) is 0. The first-order valence-corrected chi connectivity index (χ1v) is 5.67. The van der Waals surface area contributed by atoms with Crippen LogP contribution >= 0.6 is 0 Å². The second kappa shape index (κ2) is 4.67. The van der Waals surface area contributed by atoms with Crippen LogP contribution < -0.4 is 11.5 Å². The number of rotatable bonds is 5. The summed E-state index contributed by atoms with van der Waals surface area (Å²) in [6.07, 6.45) is 3.48. The Morgan fingerprint density at radius 3 is 2.82 bits per heavy atom. The van der Waals surface area contributed by atoms with E-state index in [0.29, 0.717) is 18.3 Å². The monoisotopic (exact) mass is 236 g/mol. The van der Waals surface area contributed by atoms with E-state index >= 15 is 0 Å². The number of nitrogens with zero attached hydrogens (tertiary/aromatic N) is 2. The van der Waals surface area contributed by atoms with Gasteiger partial charge in [-0.25, -0.2) is 9.97 Å². The molecule has 1 atom stereocenters. The fourth-order valence-electron chi connectivity index (χ4n) is 1.74. The maximum absolute atomic E-state index is 11.0. The Hall–Kier alpha value is -1.69. The van der Waals surface area contributed by atoms with E-state index in [9.17, 15) is 4.79 Å². The number of primary amides is 1. The fraction of sp³-hybridized carbons (Fsp3) is 0.545. The molecule has 0 bridgehead atoms. The minimum Gasteiger partial charge on any atom is -0.383 e. The minimum atomic E-state index is -0.617. The molecule has 6 heteroatoms. The van der Waals surface area contributed by atoms with Gasteiger partial charge in [-0.3, -0.25) is 4.79 Å². The quantitative estimate of drug-likeness (QED) is 0.780. The van der Waals surface area contributed by atoms with Crippen molar-refractivity contribution in [3.05, 3.63) is 17.6 Å². The number of nitrogen functional groups attached to an aromatic ring is 1. The first-order chi connectivity index (χ1) is 8.13. The molecule has 1 fully saturated rings. The van der Waals surface area contributed by atoms with Crippen LogP contribution in [0.5, 0.6) is 0 Å². The van der Waals surface area contributed by atoms with E-state index in [4.69, 9.17) is 16.2 Å². The second-order valence-electron chi connectivity index (χ2n) is 4.10. The lowest BCUT2D eigenvalue weighted by Gasteiger charge is -2.15. The van der Waals surface area contributed by atoms with Crippen molar-refractivity contribution in [1.29, 1.82) is 0 Å². The van der Waals surface area contributed by atoms with Crippen molar-refractivity contribution in [3.63, 3.8) is 0 Å². The largest absolute Gasteiger partial charge is 0.383 e. The smallest absolute Gasteiger partial charge is 0.254 e. The van der Waals surface area contributed by atoms with Gasteiger partial charge in [0.05, 0.1) is 5.56 Å². The zero-order valence-electron chi connectivity index (χ0n) is 9.72. The molecule has 4 N–H and O–H groups in total. The topological polar surface area (TPSA) is 104 Å². The first-order valence-electron chi connectivity index (χ1n) is 5.67. The fourth-order valence-corrected chi connectivity index (χ4v) is 1.74. The highest BCUT2D eigenvalue weighted by Gasteiger charge is 2.35. The van der Waals surface area contributed by atoms with Crippen LogP contribution in [-0.2, 0) is 4.74 Å². The Kier molecular flexibility index (Phi) is 3.23. The Bertz CT molecular complexity index is 431. The molecule has 1 saturated carbocycles. The van der Waals surface area contributed by atoms with Gasteiger partial charge >= 0.3 is 0 Å². The van der Waals surface area contributed by atoms with Gasteiger partial charge < -0.3 is 16.2 Å². The molecule has 1 aliphatic carbocycles. The molecule has 2 rings (SSSR count). The summed E-state index contributed by atoms with van der Waals surface area (Å²) in [5.74, 6) is 0.506. The molecule has 1 aromatic heterocycles. The number of nitrogens with two attached hydrogens (primary N) is 2. The predicted molar refractivity (Wildman–Crippen MR) is 62.1 cm³/mol. The lowest BCUT2D eigenvalue weighted by atomic mass is 10.2. The molecule has 1 heterocycles. The molecule has 92 valence electrons. The lowest BCUT2D eigenvalue weighted by Crippen LogP contribution is -2.18. The summed E-state index contributed by atoms with van der Waals surface area (Å²) in [5, 5.41) is 0. The van der Waals surface area contributed by atoms with Gasteiger partial charge in [-0.05, 0) is 25.7 Å². The van der Waals surface area contributed by atoms with Crippen LogP contribution in [0.4, 0.5) is 5.82 Å². The van der Waals surface area contributed by atoms with Gasteiger partial charge in [-0.15, -0.1) is 0 Å². The number of ether oxygens (including phenoxy) is 1. The number of hydrogen-bond acceptors (Lipinski definition) is 5. The van der Waals surface area contributed by atoms with Crippen LogP contribution in [-0.4, -0.2) is 22.5 Å². The van der Waals surface area contributed by atoms with E-state index in [1.807, 2.05) is 6.92 Å². The van der Waals surface area contributed by atoms with E-state index in [1.54, 1.807) is 0 Å². The third kappa shape index (κ3) is 2.52. The Balaban J connectivity index is 2.25. The van der Waals surface area contributed by atoms with Gasteiger partial charge in [0.15, 0.2) is 5.82 Å². The summed E-state index contributed by atoms with van der Waals surface area (Å²) in [5.41, 5.74) is 11.0. The SMILES string of the molecule is CCOC(c1ncc(C(N)=O)c(N)n1)C1CC1. The van der Waals surface area contributed by atoms with Gasteiger partial charge in [-0.1, -0.05) is 0 Å². The van der Waals surface area contributed by atoms with Crippen LogP contribution in [0.1, 0.15) is 42.1 Å². The number of aromatic nitrogens is 2. The molecule has 1 amide bonds. The van der Waals surface area contributed by atoms with E-state index in [0.717, 1.165) is 12.8 Å². The number of amides is 1. The molecule has 1 aromatic rings. The summed E-state index contributed by atoms with van der Waals surface area (Å²) in [6.45, 7) is 2.53. The highest BCUT2D eigenvalue weighted by atomic mass is 16.5. The van der Waals surface area contributed by atoms with Crippen molar-refractivity contribution in [2.75, 3.05) is 12.3 Å². The maximum Gasteiger partial charge on any atom is 0.254 e. The van der Waals surface area contributed by atoms with Crippen molar-refractivity contribution in [2.24, 2.45) is 11.7 Å². The number of carbonyl (C=O) groups excluding carboxylic acids is 1. The number of hydrogen-bond donors (Lipinski definition) is 2. The molecule has 0 saturated heterocycles. The molecule has 0 radical (unpaired) electrons. The summed E-state index contributed by atoms with van der Waals surface area (Å²) >= 11 is 0. The van der Waals surface area contributed by atoms with E-state index in [-0.39, 0.29) is 17.5 Å². The van der Waals surface area contributed by atoms with Crippen molar-refractivity contribution in [2.45, 2.75) is 25.9 Å². The van der Waals surface area contributed by atoms with E-state index in [1.165, 1.54) is 6.20 Å². The van der Waals surface area contributed by atoms with Gasteiger partial charge in [0, 0.05) is 12.8 Å². The molecule has 1 aliphatic rings. The molecule has 1 unspecified atom stereocenters. The maximum atomic E-state index is 11.0. The van der Waals surface area contributed by atoms with E-state index < -0.39 is 5.91 Å². The average Bonchev–Trinajstić information content (AvgIpc) is 3.09. The van der Waals surface area contributed by atoms with Crippen LogP contribution in [0.15, 0.2) is 6.20 Å². The van der Waals surface area contributed by atoms with Crippen LogP contribution in [0.2, 0.25) is 0 Å². The third-order valence-corrected chi connectivity index (χ3v) is 2.75. The molecule has 0 spiro atoms. The standard InChI is InChI=1S/C11H16N4O2/c1-2-17-8(6-3-4-6)11-14-5-7(10(13)16)9(12)15-11/h5-6,8H,2-4H2,1H3,(H2,13,16)(H2,12,14,15). The molecular formula is C11H16N4O2. The van der Waals surface area contributed by atoms with Crippen LogP contribution in [0.3, 0.4) is 0 Å². The Morgan fingerprint density at radius 1 is 1.65 bits per heavy atom. The first kappa shape index (κ1) is 11.8. The normalized spacial score (nSPS) is 16.8. The highest BCUT2D eigenvalue weighted by Crippen LogP contribution is 2.42. The summed E-state index contributed by atoms with van der Waals surface area (Å²) in [7, 11) is 0. The van der Waals surface area contributed by atoms with Crippen molar-refractivity contribution in [3.8, 4) is 0 Å². The van der Waals surface area contributed by atoms with Gasteiger partial charge in [0.2, 0.25) is 0 Å². The van der Waals surface area contributed by atoms with Crippen molar-refractivity contribution < 1.29 is 9.53 Å². The van der Waals surface area contributed by atoms with Crippen LogP contribution in [0, 0.1) is 5.92 Å². The molecular weight excluding hydrogens is 220 g/mol. The zero-order chi connectivity index (χ0) is 12.4. The highest BCUT2D eigenvalue weighted by molar-refractivity contribution is 5.96. The van der Waals surface area contributed by atoms with Gasteiger partial charge in [-0.2, -0.15) is 0 Å². The van der Waals surface area contributed by atoms with Crippen LogP contribution in [0.25, 0.3) is 0 Å². The zero-order valence-corrected chi connectivity index (χ0v) is 9.72. The van der Waals surface area contributed by atoms with Gasteiger partial charge in [0.1, 0.15) is 11.9 Å². The molecule has 17 heavy (non-hydrogen) atoms. The third-order valence-electron chi connectivity index (χ3n) is 2.75. The average molecular weight is 236 g/mol. The summed E-state index contributed by atoms with van der Waals surface area (Å²) < 4.78 is 5.61. The Morgan fingerprint density at radius 2 is 2.35 bits per heavy atom. The molecule has 0 aliphatic heterocycles. The van der Waals surface area contributed by atoms with E-state index in [2.05, 4.69) is 9.97 Å². The molecule has 6 nitrogen and oxygen atoms in total. The summed E-state index contributed by atoms with van der Waals surface area (Å²) in [4.78, 5) is 19.2. The van der Waals surface area contributed by atoms with Gasteiger partial charge in [0.25, 0.3) is 5.91 Å². The van der Waals surface area contributed by atoms with Crippen molar-refractivity contribution >= 4 is 11.7 Å². The Labute approximate surface area is 99.4 Å². The second-order valence-corrected chi connectivity index (χ2v) is 4.10. The lowest BCUT2D eigenvalue weighted by molar-refractivity contribution is 0.0401. The van der Waals surface area contributed by atoms with Crippen molar-refractivity contribution in [1.82, 2.24) is 9.97 Å². The minimum absolute atomic E-state index is 0.118. The predicted octanol–water partition coefficient (Wildman–Crippen LogP) is 0.645. The number of carbonyl (C=O) groups is 1.